The summed E-state index contributed by atoms with van der Waals surface area (Å²) >= 11 is 0. The number of ether oxygens (including phenoxy) is 1. The van der Waals surface area contributed by atoms with Gasteiger partial charge in [0.05, 0.1) is 13.0 Å². The summed E-state index contributed by atoms with van der Waals surface area (Å²) < 4.78 is 5.37. The van der Waals surface area contributed by atoms with Gasteiger partial charge in [-0.15, -0.1) is 0 Å². The highest BCUT2D eigenvalue weighted by molar-refractivity contribution is 6.07. The topological polar surface area (TPSA) is 86.3 Å². The van der Waals surface area contributed by atoms with Crippen LogP contribution in [0.15, 0.2) is 29.3 Å². The molecule has 1 atom stereocenters. The molecule has 0 radical (unpaired) electrons. The Hall–Kier alpha value is -2.61. The number of aliphatic imine (C=N–C) groups is 1. The molecule has 2 heterocycles. The van der Waals surface area contributed by atoms with Crippen LogP contribution in [0.25, 0.3) is 0 Å². The first kappa shape index (κ1) is 18.2. The zero-order valence-corrected chi connectivity index (χ0v) is 15.2. The molecule has 0 aromatic heterocycles. The fraction of sp³-hybridized carbons (Fsp3) is 0.500. The van der Waals surface area contributed by atoms with E-state index >= 15 is 0 Å². The normalized spacial score (nSPS) is 20.5. The summed E-state index contributed by atoms with van der Waals surface area (Å²) in [5.41, 5.74) is 0.667. The number of anilines is 1. The summed E-state index contributed by atoms with van der Waals surface area (Å²) in [6.07, 6.45) is 0.0241. The van der Waals surface area contributed by atoms with E-state index in [1.807, 2.05) is 6.92 Å². The predicted octanol–water partition coefficient (Wildman–Crippen LogP) is 0.516. The van der Waals surface area contributed by atoms with Crippen molar-refractivity contribution < 1.29 is 14.3 Å². The van der Waals surface area contributed by atoms with Crippen LogP contribution in [0.3, 0.4) is 0 Å². The number of likely N-dealkylation sites (N-methyl/N-ethyl adjacent to an activating group) is 1. The fourth-order valence-electron chi connectivity index (χ4n) is 2.94. The Balaban J connectivity index is 1.54. The van der Waals surface area contributed by atoms with Crippen molar-refractivity contribution in [2.24, 2.45) is 4.99 Å². The van der Waals surface area contributed by atoms with Gasteiger partial charge in [0.2, 0.25) is 11.9 Å². The minimum atomic E-state index is -0.674. The SMILES string of the molecule is CCOc1ccc(NC(=O)C[C@@H]2N=C(N3CCN(C)CC3)NC2=O)cc1. The molecule has 1 aromatic rings. The van der Waals surface area contributed by atoms with Gasteiger partial charge in [0, 0.05) is 31.9 Å². The molecule has 1 aromatic carbocycles. The molecule has 26 heavy (non-hydrogen) atoms. The van der Waals surface area contributed by atoms with Gasteiger partial charge in [0.1, 0.15) is 11.8 Å². The van der Waals surface area contributed by atoms with E-state index in [1.165, 1.54) is 0 Å². The van der Waals surface area contributed by atoms with Gasteiger partial charge >= 0.3 is 0 Å². The molecular weight excluding hydrogens is 334 g/mol. The van der Waals surface area contributed by atoms with Crippen LogP contribution in [0.2, 0.25) is 0 Å². The lowest BCUT2D eigenvalue weighted by atomic mass is 10.2. The van der Waals surface area contributed by atoms with E-state index in [9.17, 15) is 9.59 Å². The number of rotatable bonds is 5. The number of carbonyl (C=O) groups excluding carboxylic acids is 2. The molecule has 3 rings (SSSR count). The summed E-state index contributed by atoms with van der Waals surface area (Å²) in [5, 5.41) is 5.60. The Labute approximate surface area is 153 Å². The summed E-state index contributed by atoms with van der Waals surface area (Å²) in [7, 11) is 2.07. The van der Waals surface area contributed by atoms with Crippen LogP contribution in [0.4, 0.5) is 5.69 Å². The van der Waals surface area contributed by atoms with Crippen LogP contribution in [0, 0.1) is 0 Å². The lowest BCUT2D eigenvalue weighted by molar-refractivity contribution is -0.124. The molecule has 1 saturated heterocycles. The van der Waals surface area contributed by atoms with Crippen LogP contribution in [0.5, 0.6) is 5.75 Å². The summed E-state index contributed by atoms with van der Waals surface area (Å²) in [5.74, 6) is 0.877. The van der Waals surface area contributed by atoms with Crippen molar-refractivity contribution in [2.75, 3.05) is 45.2 Å². The van der Waals surface area contributed by atoms with Crippen molar-refractivity contribution in [1.29, 1.82) is 0 Å². The van der Waals surface area contributed by atoms with Gasteiger partial charge in [-0.3, -0.25) is 14.9 Å². The van der Waals surface area contributed by atoms with Crippen LogP contribution in [-0.4, -0.2) is 73.4 Å². The molecule has 2 aliphatic rings. The van der Waals surface area contributed by atoms with Gasteiger partial charge < -0.3 is 19.9 Å². The lowest BCUT2D eigenvalue weighted by Gasteiger charge is -2.33. The largest absolute Gasteiger partial charge is 0.494 e. The third-order valence-corrected chi connectivity index (χ3v) is 4.45. The first-order valence-corrected chi connectivity index (χ1v) is 8.90. The molecule has 0 aliphatic carbocycles. The second-order valence-electron chi connectivity index (χ2n) is 6.46. The average Bonchev–Trinajstić information content (AvgIpc) is 2.98. The number of carbonyl (C=O) groups is 2. The zero-order chi connectivity index (χ0) is 18.5. The number of guanidine groups is 1. The lowest BCUT2D eigenvalue weighted by Crippen LogP contribution is -2.50. The van der Waals surface area contributed by atoms with Crippen LogP contribution in [0.1, 0.15) is 13.3 Å². The number of nitrogens with zero attached hydrogens (tertiary/aromatic N) is 3. The van der Waals surface area contributed by atoms with Gasteiger partial charge in [-0.25, -0.2) is 4.99 Å². The standard InChI is InChI=1S/C18H25N5O3/c1-3-26-14-6-4-13(5-7-14)19-16(24)12-15-17(25)21-18(20-15)23-10-8-22(2)9-11-23/h4-7,15H,3,8-12H2,1-2H3,(H,19,24)(H,20,21,25)/t15-/m0/s1. The highest BCUT2D eigenvalue weighted by Gasteiger charge is 2.31. The Morgan fingerprint density at radius 2 is 1.96 bits per heavy atom. The number of hydrogen-bond acceptors (Lipinski definition) is 6. The van der Waals surface area contributed by atoms with Gasteiger partial charge in [-0.05, 0) is 38.2 Å². The van der Waals surface area contributed by atoms with Gasteiger partial charge in [-0.1, -0.05) is 0 Å². The minimum absolute atomic E-state index is 0.0241. The minimum Gasteiger partial charge on any atom is -0.494 e. The predicted molar refractivity (Wildman–Crippen MR) is 99.3 cm³/mol. The molecule has 140 valence electrons. The smallest absolute Gasteiger partial charge is 0.252 e. The molecule has 1 fully saturated rings. The zero-order valence-electron chi connectivity index (χ0n) is 15.2. The van der Waals surface area contributed by atoms with Crippen LogP contribution < -0.4 is 15.4 Å². The Bertz CT molecular complexity index is 681. The van der Waals surface area contributed by atoms with Gasteiger partial charge in [0.15, 0.2) is 0 Å². The molecule has 8 nitrogen and oxygen atoms in total. The molecule has 0 bridgehead atoms. The molecule has 8 heteroatoms. The maximum Gasteiger partial charge on any atom is 0.252 e. The van der Waals surface area contributed by atoms with E-state index in [-0.39, 0.29) is 18.2 Å². The fourth-order valence-corrected chi connectivity index (χ4v) is 2.94. The Morgan fingerprint density at radius 1 is 1.27 bits per heavy atom. The van der Waals surface area contributed by atoms with E-state index in [2.05, 4.69) is 32.5 Å². The first-order valence-electron chi connectivity index (χ1n) is 8.90. The van der Waals surface area contributed by atoms with E-state index < -0.39 is 6.04 Å². The molecule has 2 N–H and O–H groups in total. The molecule has 0 saturated carbocycles. The van der Waals surface area contributed by atoms with Crippen molar-refractivity contribution in [3.05, 3.63) is 24.3 Å². The monoisotopic (exact) mass is 359 g/mol. The molecule has 0 spiro atoms. The second kappa shape index (κ2) is 8.18. The van der Waals surface area contributed by atoms with Gasteiger partial charge in [0.25, 0.3) is 5.91 Å². The maximum atomic E-state index is 12.2. The molecular formula is C18H25N5O3. The Morgan fingerprint density at radius 3 is 2.62 bits per heavy atom. The average molecular weight is 359 g/mol. The van der Waals surface area contributed by atoms with E-state index in [4.69, 9.17) is 4.74 Å². The van der Waals surface area contributed by atoms with Gasteiger partial charge in [-0.2, -0.15) is 0 Å². The number of nitrogens with one attached hydrogen (secondary N) is 2. The summed E-state index contributed by atoms with van der Waals surface area (Å²) in [4.78, 5) is 33.1. The first-order chi connectivity index (χ1) is 12.5. The van der Waals surface area contributed by atoms with Crippen molar-refractivity contribution in [3.63, 3.8) is 0 Å². The quantitative estimate of drug-likeness (QED) is 0.800. The molecule has 0 unspecified atom stereocenters. The summed E-state index contributed by atoms with van der Waals surface area (Å²) in [6, 6.07) is 6.47. The van der Waals surface area contributed by atoms with Crippen molar-refractivity contribution in [2.45, 2.75) is 19.4 Å². The molecule has 2 aliphatic heterocycles. The van der Waals surface area contributed by atoms with Crippen molar-refractivity contribution in [1.82, 2.24) is 15.1 Å². The molecule has 2 amide bonds. The van der Waals surface area contributed by atoms with E-state index in [0.29, 0.717) is 18.3 Å². The maximum absolute atomic E-state index is 12.2. The third kappa shape index (κ3) is 4.51. The Kier molecular flexibility index (Phi) is 5.72. The number of hydrogen-bond donors (Lipinski definition) is 2. The van der Waals surface area contributed by atoms with Crippen molar-refractivity contribution in [3.8, 4) is 5.75 Å². The number of piperazine rings is 1. The number of benzene rings is 1. The van der Waals surface area contributed by atoms with E-state index in [0.717, 1.165) is 31.9 Å². The summed E-state index contributed by atoms with van der Waals surface area (Å²) in [6.45, 7) is 6.01. The highest BCUT2D eigenvalue weighted by atomic mass is 16.5. The van der Waals surface area contributed by atoms with E-state index in [1.54, 1.807) is 24.3 Å². The second-order valence-corrected chi connectivity index (χ2v) is 6.46. The van der Waals surface area contributed by atoms with Crippen LogP contribution >= 0.6 is 0 Å². The number of amides is 2. The van der Waals surface area contributed by atoms with Crippen molar-refractivity contribution >= 4 is 23.5 Å². The third-order valence-electron chi connectivity index (χ3n) is 4.45. The van der Waals surface area contributed by atoms with Crippen LogP contribution in [-0.2, 0) is 9.59 Å². The highest BCUT2D eigenvalue weighted by Crippen LogP contribution is 2.17.